The Morgan fingerprint density at radius 3 is 2.50 bits per heavy atom. The number of rotatable bonds is 5. The van der Waals surface area contributed by atoms with Crippen molar-refractivity contribution in [2.45, 2.75) is 58.2 Å². The number of nitrogens with zero attached hydrogens (tertiary/aromatic N) is 4. The highest BCUT2D eigenvalue weighted by Crippen LogP contribution is 2.28. The molecular formula is C26H30N4O2. The van der Waals surface area contributed by atoms with Gasteiger partial charge in [-0.25, -0.2) is 0 Å². The number of hydrogen-bond donors (Lipinski definition) is 0. The summed E-state index contributed by atoms with van der Waals surface area (Å²) in [7, 11) is 0. The van der Waals surface area contributed by atoms with E-state index in [1.54, 1.807) is 0 Å². The molecule has 32 heavy (non-hydrogen) atoms. The van der Waals surface area contributed by atoms with E-state index in [-0.39, 0.29) is 11.9 Å². The maximum Gasteiger partial charge on any atom is 0.241 e. The fraction of sp³-hybridized carbons (Fsp3) is 0.423. The minimum Gasteiger partial charge on any atom is -0.341 e. The van der Waals surface area contributed by atoms with Crippen molar-refractivity contribution in [1.29, 1.82) is 0 Å². The highest BCUT2D eigenvalue weighted by Gasteiger charge is 2.35. The molecule has 2 aromatic carbocycles. The van der Waals surface area contributed by atoms with E-state index in [1.807, 2.05) is 17.0 Å². The molecule has 5 rings (SSSR count). The van der Waals surface area contributed by atoms with Crippen molar-refractivity contribution in [2.24, 2.45) is 0 Å². The van der Waals surface area contributed by atoms with Crippen LogP contribution in [0.25, 0.3) is 11.4 Å². The molecule has 0 radical (unpaired) electrons. The molecule has 2 aliphatic heterocycles. The van der Waals surface area contributed by atoms with Gasteiger partial charge in [0.1, 0.15) is 0 Å². The van der Waals surface area contributed by atoms with Crippen LogP contribution >= 0.6 is 0 Å². The Morgan fingerprint density at radius 2 is 1.78 bits per heavy atom. The van der Waals surface area contributed by atoms with Crippen LogP contribution in [-0.2, 0) is 24.3 Å². The van der Waals surface area contributed by atoms with Crippen molar-refractivity contribution >= 4 is 5.91 Å². The topological polar surface area (TPSA) is 62.5 Å². The molecule has 1 aromatic heterocycles. The van der Waals surface area contributed by atoms with Crippen LogP contribution in [0, 0.1) is 0 Å². The molecule has 1 saturated heterocycles. The second-order valence-corrected chi connectivity index (χ2v) is 9.21. The van der Waals surface area contributed by atoms with Crippen LogP contribution in [0.15, 0.2) is 53.1 Å². The SMILES string of the molecule is CC(C)c1ccc(-c2noc(CN3Cc4ccccc4C[C@@H]3C(=O)N3CCCC3)n2)cc1. The van der Waals surface area contributed by atoms with Crippen LogP contribution in [0.1, 0.15) is 55.2 Å². The monoisotopic (exact) mass is 430 g/mol. The van der Waals surface area contributed by atoms with E-state index in [9.17, 15) is 4.79 Å². The fourth-order valence-corrected chi connectivity index (χ4v) is 4.76. The third kappa shape index (κ3) is 4.19. The number of amides is 1. The molecule has 2 aliphatic rings. The van der Waals surface area contributed by atoms with Crippen LogP contribution in [-0.4, -0.2) is 45.0 Å². The van der Waals surface area contributed by atoms with Gasteiger partial charge in [-0.3, -0.25) is 9.69 Å². The molecule has 6 nitrogen and oxygen atoms in total. The lowest BCUT2D eigenvalue weighted by Crippen LogP contribution is -2.50. The van der Waals surface area contributed by atoms with E-state index in [4.69, 9.17) is 4.52 Å². The highest BCUT2D eigenvalue weighted by molar-refractivity contribution is 5.83. The molecule has 3 heterocycles. The third-order valence-corrected chi connectivity index (χ3v) is 6.69. The van der Waals surface area contributed by atoms with Gasteiger partial charge in [0.05, 0.1) is 12.6 Å². The zero-order valence-corrected chi connectivity index (χ0v) is 18.8. The van der Waals surface area contributed by atoms with Crippen molar-refractivity contribution in [3.63, 3.8) is 0 Å². The summed E-state index contributed by atoms with van der Waals surface area (Å²) in [5.74, 6) is 1.85. The van der Waals surface area contributed by atoms with Gasteiger partial charge in [-0.1, -0.05) is 67.5 Å². The molecule has 0 spiro atoms. The van der Waals surface area contributed by atoms with Crippen molar-refractivity contribution < 1.29 is 9.32 Å². The summed E-state index contributed by atoms with van der Waals surface area (Å²) in [4.78, 5) is 22.2. The normalized spacial score (nSPS) is 18.8. The van der Waals surface area contributed by atoms with Gasteiger partial charge < -0.3 is 9.42 Å². The van der Waals surface area contributed by atoms with Crippen LogP contribution in [0.3, 0.4) is 0 Å². The van der Waals surface area contributed by atoms with E-state index in [0.29, 0.717) is 30.7 Å². The number of hydrogen-bond acceptors (Lipinski definition) is 5. The zero-order chi connectivity index (χ0) is 22.1. The fourth-order valence-electron chi connectivity index (χ4n) is 4.76. The van der Waals surface area contributed by atoms with E-state index < -0.39 is 0 Å². The Bertz CT molecular complexity index is 1080. The molecule has 0 saturated carbocycles. The molecule has 166 valence electrons. The maximum absolute atomic E-state index is 13.3. The number of carbonyl (C=O) groups excluding carboxylic acids is 1. The van der Waals surface area contributed by atoms with Gasteiger partial charge in [-0.2, -0.15) is 4.98 Å². The molecule has 1 amide bonds. The summed E-state index contributed by atoms with van der Waals surface area (Å²) in [6.45, 7) is 7.26. The first-order chi connectivity index (χ1) is 15.6. The van der Waals surface area contributed by atoms with Crippen molar-refractivity contribution in [3.8, 4) is 11.4 Å². The van der Waals surface area contributed by atoms with Gasteiger partial charge >= 0.3 is 0 Å². The number of aromatic nitrogens is 2. The number of fused-ring (bicyclic) bond motifs is 1. The molecule has 0 N–H and O–H groups in total. The van der Waals surface area contributed by atoms with Gasteiger partial charge in [0.25, 0.3) is 0 Å². The predicted octanol–water partition coefficient (Wildman–Crippen LogP) is 4.41. The summed E-state index contributed by atoms with van der Waals surface area (Å²) < 4.78 is 5.61. The number of carbonyl (C=O) groups is 1. The maximum atomic E-state index is 13.3. The molecule has 0 aliphatic carbocycles. The first kappa shape index (κ1) is 20.9. The van der Waals surface area contributed by atoms with Gasteiger partial charge in [0, 0.05) is 25.2 Å². The largest absolute Gasteiger partial charge is 0.341 e. The molecular weight excluding hydrogens is 400 g/mol. The standard InChI is InChI=1S/C26H30N4O2/c1-18(2)19-9-11-20(12-10-19)25-27-24(32-28-25)17-30-16-22-8-4-3-7-21(22)15-23(30)26(31)29-13-5-6-14-29/h3-4,7-12,18,23H,5-6,13-17H2,1-2H3/t23-/m1/s1. The molecule has 1 atom stereocenters. The highest BCUT2D eigenvalue weighted by atomic mass is 16.5. The third-order valence-electron chi connectivity index (χ3n) is 6.69. The summed E-state index contributed by atoms with van der Waals surface area (Å²) in [5.41, 5.74) is 4.76. The van der Waals surface area contributed by atoms with Crippen LogP contribution in [0.5, 0.6) is 0 Å². The average Bonchev–Trinajstić information content (AvgIpc) is 3.51. The minimum atomic E-state index is -0.191. The second-order valence-electron chi connectivity index (χ2n) is 9.21. The van der Waals surface area contributed by atoms with E-state index >= 15 is 0 Å². The smallest absolute Gasteiger partial charge is 0.241 e. The quantitative estimate of drug-likeness (QED) is 0.600. The Kier molecular flexibility index (Phi) is 5.79. The van der Waals surface area contributed by atoms with Crippen molar-refractivity contribution in [2.75, 3.05) is 13.1 Å². The molecule has 6 heteroatoms. The van der Waals surface area contributed by atoms with Gasteiger partial charge in [0.2, 0.25) is 17.6 Å². The minimum absolute atomic E-state index is 0.191. The zero-order valence-electron chi connectivity index (χ0n) is 18.8. The van der Waals surface area contributed by atoms with Crippen molar-refractivity contribution in [1.82, 2.24) is 19.9 Å². The van der Waals surface area contributed by atoms with Gasteiger partial charge in [-0.15, -0.1) is 0 Å². The number of benzene rings is 2. The molecule has 1 fully saturated rings. The lowest BCUT2D eigenvalue weighted by atomic mass is 9.93. The summed E-state index contributed by atoms with van der Waals surface area (Å²) in [5, 5.41) is 4.21. The Balaban J connectivity index is 1.37. The van der Waals surface area contributed by atoms with Gasteiger partial charge in [-0.05, 0) is 41.9 Å². The summed E-state index contributed by atoms with van der Waals surface area (Å²) in [6, 6.07) is 16.5. The molecule has 0 bridgehead atoms. The van der Waals surface area contributed by atoms with Crippen molar-refractivity contribution in [3.05, 3.63) is 71.1 Å². The first-order valence-corrected chi connectivity index (χ1v) is 11.6. The van der Waals surface area contributed by atoms with Crippen LogP contribution < -0.4 is 0 Å². The average molecular weight is 431 g/mol. The van der Waals surface area contributed by atoms with Gasteiger partial charge in [0.15, 0.2) is 0 Å². The summed E-state index contributed by atoms with van der Waals surface area (Å²) >= 11 is 0. The lowest BCUT2D eigenvalue weighted by molar-refractivity contribution is -0.137. The van der Waals surface area contributed by atoms with E-state index in [1.165, 1.54) is 16.7 Å². The first-order valence-electron chi connectivity index (χ1n) is 11.6. The number of likely N-dealkylation sites (tertiary alicyclic amines) is 1. The second kappa shape index (κ2) is 8.87. The molecule has 3 aromatic rings. The molecule has 0 unspecified atom stereocenters. The Labute approximate surface area is 189 Å². The predicted molar refractivity (Wildman–Crippen MR) is 123 cm³/mol. The van der Waals surface area contributed by atoms with Crippen LogP contribution in [0.2, 0.25) is 0 Å². The Morgan fingerprint density at radius 1 is 1.06 bits per heavy atom. The van der Waals surface area contributed by atoms with E-state index in [2.05, 4.69) is 65.3 Å². The van der Waals surface area contributed by atoms with Crippen LogP contribution in [0.4, 0.5) is 0 Å². The Hall–Kier alpha value is -2.99. The summed E-state index contributed by atoms with van der Waals surface area (Å²) in [6.07, 6.45) is 2.92. The van der Waals surface area contributed by atoms with E-state index in [0.717, 1.165) is 37.9 Å². The lowest BCUT2D eigenvalue weighted by Gasteiger charge is -2.37.